The van der Waals surface area contributed by atoms with Crippen molar-refractivity contribution < 1.29 is 9.53 Å². The summed E-state index contributed by atoms with van der Waals surface area (Å²) in [6.45, 7) is 9.19. The molecule has 1 saturated heterocycles. The molecular formula is C19H25N3O2S. The second-order valence-electron chi connectivity index (χ2n) is 6.37. The highest BCUT2D eigenvalue weighted by atomic mass is 32.1. The molecule has 1 fully saturated rings. The van der Waals surface area contributed by atoms with Gasteiger partial charge in [0.1, 0.15) is 0 Å². The molecule has 0 bridgehead atoms. The number of morpholine rings is 1. The summed E-state index contributed by atoms with van der Waals surface area (Å²) >= 11 is 1.53. The fraction of sp³-hybridized carbons (Fsp3) is 0.474. The molecule has 0 aliphatic carbocycles. The lowest BCUT2D eigenvalue weighted by atomic mass is 10.1. The Kier molecular flexibility index (Phi) is 5.83. The number of ether oxygens (including phenoxy) is 1. The molecule has 0 spiro atoms. The number of carbonyl (C=O) groups excluding carboxylic acids is 1. The van der Waals surface area contributed by atoms with E-state index in [0.717, 1.165) is 54.7 Å². The van der Waals surface area contributed by atoms with Gasteiger partial charge in [-0.15, -0.1) is 11.3 Å². The molecule has 2 heterocycles. The second kappa shape index (κ2) is 8.08. The number of para-hydroxylation sites is 1. The fourth-order valence-electron chi connectivity index (χ4n) is 3.17. The van der Waals surface area contributed by atoms with Crippen LogP contribution in [0.5, 0.6) is 0 Å². The molecule has 1 aliphatic rings. The summed E-state index contributed by atoms with van der Waals surface area (Å²) in [5.74, 6) is -0.0122. The van der Waals surface area contributed by atoms with Gasteiger partial charge in [-0.1, -0.05) is 25.1 Å². The Balaban J connectivity index is 1.81. The molecule has 1 aromatic carbocycles. The first-order valence-electron chi connectivity index (χ1n) is 8.75. The summed E-state index contributed by atoms with van der Waals surface area (Å²) in [5, 5.41) is 2.80. The summed E-state index contributed by atoms with van der Waals surface area (Å²) in [7, 11) is 0. The lowest BCUT2D eigenvalue weighted by Gasteiger charge is -2.30. The summed E-state index contributed by atoms with van der Waals surface area (Å²) in [6.07, 6.45) is 1.14. The Morgan fingerprint density at radius 2 is 2.24 bits per heavy atom. The van der Waals surface area contributed by atoms with Crippen LogP contribution in [0.1, 0.15) is 32.0 Å². The molecule has 1 aromatic heterocycles. The molecule has 2 aromatic rings. The Labute approximate surface area is 153 Å². The van der Waals surface area contributed by atoms with Crippen LogP contribution in [0.4, 0.5) is 10.8 Å². The number of thiazole rings is 1. The first kappa shape index (κ1) is 18.0. The summed E-state index contributed by atoms with van der Waals surface area (Å²) in [5.41, 5.74) is 3.09. The van der Waals surface area contributed by atoms with E-state index in [4.69, 9.17) is 9.72 Å². The molecule has 1 amide bonds. The van der Waals surface area contributed by atoms with E-state index in [2.05, 4.69) is 30.2 Å². The molecule has 5 nitrogen and oxygen atoms in total. The van der Waals surface area contributed by atoms with E-state index in [-0.39, 0.29) is 12.0 Å². The van der Waals surface area contributed by atoms with Crippen LogP contribution in [0.15, 0.2) is 29.6 Å². The van der Waals surface area contributed by atoms with E-state index in [1.165, 1.54) is 11.3 Å². The quantitative estimate of drug-likeness (QED) is 0.818. The second-order valence-corrected chi connectivity index (χ2v) is 7.21. The molecule has 1 unspecified atom stereocenters. The number of hydrogen-bond acceptors (Lipinski definition) is 5. The number of nitrogens with zero attached hydrogens (tertiary/aromatic N) is 3. The molecule has 1 aliphatic heterocycles. The third kappa shape index (κ3) is 4.26. The SMILES string of the molecule is CCc1ccccc1N(C(C)=O)c1nc(CN2CCOC(C)C2)cs1. The minimum atomic E-state index is -0.0122. The maximum absolute atomic E-state index is 12.3. The van der Waals surface area contributed by atoms with E-state index in [1.807, 2.05) is 18.2 Å². The zero-order valence-corrected chi connectivity index (χ0v) is 15.9. The van der Waals surface area contributed by atoms with Crippen LogP contribution >= 0.6 is 11.3 Å². The molecule has 0 saturated carbocycles. The number of aryl methyl sites for hydroxylation is 1. The highest BCUT2D eigenvalue weighted by molar-refractivity contribution is 7.14. The molecule has 0 N–H and O–H groups in total. The van der Waals surface area contributed by atoms with Gasteiger partial charge in [-0.2, -0.15) is 0 Å². The average Bonchev–Trinajstić information content (AvgIpc) is 3.03. The van der Waals surface area contributed by atoms with E-state index < -0.39 is 0 Å². The van der Waals surface area contributed by atoms with Gasteiger partial charge in [-0.05, 0) is 25.0 Å². The number of hydrogen-bond donors (Lipinski definition) is 0. The van der Waals surface area contributed by atoms with Crippen molar-refractivity contribution in [1.82, 2.24) is 9.88 Å². The monoisotopic (exact) mass is 359 g/mol. The van der Waals surface area contributed by atoms with Crippen LogP contribution in [0.25, 0.3) is 0 Å². The molecule has 1 atom stereocenters. The van der Waals surface area contributed by atoms with Gasteiger partial charge in [0.05, 0.1) is 24.1 Å². The molecule has 134 valence electrons. The zero-order valence-electron chi connectivity index (χ0n) is 15.1. The molecular weight excluding hydrogens is 334 g/mol. The smallest absolute Gasteiger partial charge is 0.230 e. The van der Waals surface area contributed by atoms with E-state index >= 15 is 0 Å². The van der Waals surface area contributed by atoms with Gasteiger partial charge in [0.2, 0.25) is 5.91 Å². The van der Waals surface area contributed by atoms with Crippen LogP contribution in [0.3, 0.4) is 0 Å². The topological polar surface area (TPSA) is 45.7 Å². The number of amides is 1. The van der Waals surface area contributed by atoms with Crippen LogP contribution in [0.2, 0.25) is 0 Å². The zero-order chi connectivity index (χ0) is 17.8. The van der Waals surface area contributed by atoms with Gasteiger partial charge in [0, 0.05) is 31.9 Å². The maximum atomic E-state index is 12.3. The molecule has 0 radical (unpaired) electrons. The van der Waals surface area contributed by atoms with Crippen molar-refractivity contribution >= 4 is 28.1 Å². The lowest BCUT2D eigenvalue weighted by molar-refractivity contribution is -0.115. The van der Waals surface area contributed by atoms with Crippen LogP contribution in [-0.2, 0) is 22.5 Å². The largest absolute Gasteiger partial charge is 0.376 e. The van der Waals surface area contributed by atoms with Crippen molar-refractivity contribution in [3.05, 3.63) is 40.9 Å². The fourth-order valence-corrected chi connectivity index (χ4v) is 4.04. The van der Waals surface area contributed by atoms with Crippen molar-refractivity contribution in [2.75, 3.05) is 24.6 Å². The van der Waals surface area contributed by atoms with Gasteiger partial charge in [-0.25, -0.2) is 4.98 Å². The Morgan fingerprint density at radius 3 is 2.96 bits per heavy atom. The molecule has 25 heavy (non-hydrogen) atoms. The number of carbonyl (C=O) groups is 1. The lowest BCUT2D eigenvalue weighted by Crippen LogP contribution is -2.40. The standard InChI is InChI=1S/C19H25N3O2S/c1-4-16-7-5-6-8-18(16)22(15(3)23)19-20-17(13-25-19)12-21-9-10-24-14(2)11-21/h5-8,13-14H,4,9-12H2,1-3H3. The predicted molar refractivity (Wildman–Crippen MR) is 101 cm³/mol. The van der Waals surface area contributed by atoms with Gasteiger partial charge in [0.15, 0.2) is 5.13 Å². The maximum Gasteiger partial charge on any atom is 0.230 e. The Morgan fingerprint density at radius 1 is 1.44 bits per heavy atom. The van der Waals surface area contributed by atoms with E-state index in [0.29, 0.717) is 0 Å². The average molecular weight is 359 g/mol. The van der Waals surface area contributed by atoms with Crippen molar-refractivity contribution in [3.63, 3.8) is 0 Å². The minimum Gasteiger partial charge on any atom is -0.376 e. The number of aromatic nitrogens is 1. The first-order chi connectivity index (χ1) is 12.1. The number of rotatable bonds is 5. The molecule has 3 rings (SSSR count). The third-order valence-electron chi connectivity index (χ3n) is 4.37. The Hall–Kier alpha value is -1.76. The predicted octanol–water partition coefficient (Wildman–Crippen LogP) is 3.61. The van der Waals surface area contributed by atoms with Crippen LogP contribution < -0.4 is 4.90 Å². The van der Waals surface area contributed by atoms with Crippen LogP contribution in [-0.4, -0.2) is 41.6 Å². The molecule has 6 heteroatoms. The van der Waals surface area contributed by atoms with Gasteiger partial charge >= 0.3 is 0 Å². The van der Waals surface area contributed by atoms with Gasteiger partial charge in [-0.3, -0.25) is 14.6 Å². The van der Waals surface area contributed by atoms with E-state index in [1.54, 1.807) is 11.8 Å². The van der Waals surface area contributed by atoms with Crippen molar-refractivity contribution in [2.24, 2.45) is 0 Å². The highest BCUT2D eigenvalue weighted by Gasteiger charge is 2.22. The van der Waals surface area contributed by atoms with E-state index in [9.17, 15) is 4.79 Å². The summed E-state index contributed by atoms with van der Waals surface area (Å²) in [6, 6.07) is 8.03. The third-order valence-corrected chi connectivity index (χ3v) is 5.24. The van der Waals surface area contributed by atoms with Crippen molar-refractivity contribution in [2.45, 2.75) is 39.8 Å². The Bertz CT molecular complexity index is 731. The first-order valence-corrected chi connectivity index (χ1v) is 9.63. The summed E-state index contributed by atoms with van der Waals surface area (Å²) < 4.78 is 5.59. The van der Waals surface area contributed by atoms with Crippen LogP contribution in [0, 0.1) is 0 Å². The van der Waals surface area contributed by atoms with Gasteiger partial charge in [0.25, 0.3) is 0 Å². The van der Waals surface area contributed by atoms with Crippen molar-refractivity contribution in [1.29, 1.82) is 0 Å². The van der Waals surface area contributed by atoms with Gasteiger partial charge < -0.3 is 4.74 Å². The normalized spacial score (nSPS) is 18.3. The number of anilines is 2. The van der Waals surface area contributed by atoms with Crippen molar-refractivity contribution in [3.8, 4) is 0 Å². The highest BCUT2D eigenvalue weighted by Crippen LogP contribution is 2.32. The summed E-state index contributed by atoms with van der Waals surface area (Å²) in [4.78, 5) is 21.1. The number of benzene rings is 1. The minimum absolute atomic E-state index is 0.0122.